The minimum Gasteiger partial charge on any atom is -0.369 e. The molecule has 0 atom stereocenters. The topological polar surface area (TPSA) is 58.1 Å². The standard InChI is InChI=1S/C15H17ClN4O/c1-3-17-14-9-18-13(8-19-14)15(21)20(2)10-11-4-6-12(16)7-5-11/h4-9H,3,10H2,1-2H3,(H,17,19). The third-order valence-corrected chi connectivity index (χ3v) is 3.16. The maximum absolute atomic E-state index is 12.3. The highest BCUT2D eigenvalue weighted by Gasteiger charge is 2.14. The first-order valence-electron chi connectivity index (χ1n) is 6.66. The third-order valence-electron chi connectivity index (χ3n) is 2.91. The zero-order valence-corrected chi connectivity index (χ0v) is 12.8. The Labute approximate surface area is 129 Å². The first-order chi connectivity index (χ1) is 10.1. The highest BCUT2D eigenvalue weighted by molar-refractivity contribution is 6.30. The zero-order valence-electron chi connectivity index (χ0n) is 12.0. The van der Waals surface area contributed by atoms with Gasteiger partial charge in [-0.3, -0.25) is 4.79 Å². The van der Waals surface area contributed by atoms with E-state index in [-0.39, 0.29) is 5.91 Å². The molecule has 1 aromatic carbocycles. The summed E-state index contributed by atoms with van der Waals surface area (Å²) in [6.07, 6.45) is 3.05. The second kappa shape index (κ2) is 7.04. The Kier molecular flexibility index (Phi) is 5.11. The maximum Gasteiger partial charge on any atom is 0.274 e. The Morgan fingerprint density at radius 1 is 1.24 bits per heavy atom. The van der Waals surface area contributed by atoms with Gasteiger partial charge >= 0.3 is 0 Å². The van der Waals surface area contributed by atoms with E-state index in [4.69, 9.17) is 11.6 Å². The van der Waals surface area contributed by atoms with Crippen LogP contribution in [0.1, 0.15) is 23.0 Å². The van der Waals surface area contributed by atoms with Gasteiger partial charge in [0.05, 0.1) is 12.4 Å². The molecular weight excluding hydrogens is 288 g/mol. The molecule has 1 N–H and O–H groups in total. The fraction of sp³-hybridized carbons (Fsp3) is 0.267. The molecule has 110 valence electrons. The highest BCUT2D eigenvalue weighted by Crippen LogP contribution is 2.12. The van der Waals surface area contributed by atoms with E-state index in [0.29, 0.717) is 23.1 Å². The highest BCUT2D eigenvalue weighted by atomic mass is 35.5. The van der Waals surface area contributed by atoms with Crippen molar-refractivity contribution in [1.29, 1.82) is 0 Å². The van der Waals surface area contributed by atoms with Crippen LogP contribution in [0.25, 0.3) is 0 Å². The van der Waals surface area contributed by atoms with Crippen LogP contribution >= 0.6 is 11.6 Å². The van der Waals surface area contributed by atoms with Crippen LogP contribution in [-0.4, -0.2) is 34.4 Å². The molecule has 0 spiro atoms. The molecule has 0 aliphatic rings. The molecule has 6 heteroatoms. The predicted octanol–water partition coefficient (Wildman–Crippen LogP) is 2.83. The normalized spacial score (nSPS) is 10.2. The minimum atomic E-state index is -0.166. The Morgan fingerprint density at radius 2 is 1.95 bits per heavy atom. The summed E-state index contributed by atoms with van der Waals surface area (Å²) < 4.78 is 0. The van der Waals surface area contributed by atoms with E-state index in [1.54, 1.807) is 30.3 Å². The summed E-state index contributed by atoms with van der Waals surface area (Å²) in [5.74, 6) is 0.495. The van der Waals surface area contributed by atoms with Gasteiger partial charge in [-0.25, -0.2) is 9.97 Å². The van der Waals surface area contributed by atoms with Crippen molar-refractivity contribution in [3.05, 3.63) is 52.9 Å². The van der Waals surface area contributed by atoms with Crippen LogP contribution in [0.15, 0.2) is 36.7 Å². The van der Waals surface area contributed by atoms with Gasteiger partial charge in [-0.15, -0.1) is 0 Å². The Bertz CT molecular complexity index is 598. The lowest BCUT2D eigenvalue weighted by Crippen LogP contribution is -2.27. The Morgan fingerprint density at radius 3 is 2.52 bits per heavy atom. The first kappa shape index (κ1) is 15.3. The van der Waals surface area contributed by atoms with Crippen molar-refractivity contribution in [1.82, 2.24) is 14.9 Å². The number of hydrogen-bond acceptors (Lipinski definition) is 4. The summed E-state index contributed by atoms with van der Waals surface area (Å²) in [5, 5.41) is 3.72. The van der Waals surface area contributed by atoms with Gasteiger partial charge in [0.15, 0.2) is 0 Å². The van der Waals surface area contributed by atoms with Crippen molar-refractivity contribution in [3.63, 3.8) is 0 Å². The number of rotatable bonds is 5. The number of hydrogen-bond donors (Lipinski definition) is 1. The molecule has 2 aromatic rings. The van der Waals surface area contributed by atoms with Gasteiger partial charge in [-0.05, 0) is 24.6 Å². The molecule has 1 aromatic heterocycles. The summed E-state index contributed by atoms with van der Waals surface area (Å²) in [7, 11) is 1.73. The van der Waals surface area contributed by atoms with E-state index in [0.717, 1.165) is 12.1 Å². The molecule has 0 aliphatic carbocycles. The largest absolute Gasteiger partial charge is 0.369 e. The van der Waals surface area contributed by atoms with Gasteiger partial charge in [-0.2, -0.15) is 0 Å². The van der Waals surface area contributed by atoms with Crippen LogP contribution in [0.4, 0.5) is 5.82 Å². The number of benzene rings is 1. The molecule has 21 heavy (non-hydrogen) atoms. The molecule has 1 heterocycles. The van der Waals surface area contributed by atoms with E-state index >= 15 is 0 Å². The van der Waals surface area contributed by atoms with E-state index in [2.05, 4.69) is 15.3 Å². The van der Waals surface area contributed by atoms with Crippen LogP contribution in [0, 0.1) is 0 Å². The summed E-state index contributed by atoms with van der Waals surface area (Å²) in [5.41, 5.74) is 1.33. The lowest BCUT2D eigenvalue weighted by atomic mass is 10.2. The Hall–Kier alpha value is -2.14. The smallest absolute Gasteiger partial charge is 0.274 e. The molecule has 0 aliphatic heterocycles. The minimum absolute atomic E-state index is 0.166. The number of carbonyl (C=O) groups is 1. The second-order valence-corrected chi connectivity index (χ2v) is 5.04. The molecule has 0 unspecified atom stereocenters. The molecular formula is C15H17ClN4O. The summed E-state index contributed by atoms with van der Waals surface area (Å²) in [4.78, 5) is 22.1. The number of anilines is 1. The van der Waals surface area contributed by atoms with Crippen molar-refractivity contribution in [3.8, 4) is 0 Å². The van der Waals surface area contributed by atoms with Crippen molar-refractivity contribution >= 4 is 23.3 Å². The van der Waals surface area contributed by atoms with Crippen LogP contribution in [0.5, 0.6) is 0 Å². The van der Waals surface area contributed by atoms with E-state index in [1.165, 1.54) is 6.20 Å². The number of nitrogens with one attached hydrogen (secondary N) is 1. The van der Waals surface area contributed by atoms with Gasteiger partial charge in [0.1, 0.15) is 11.5 Å². The summed E-state index contributed by atoms with van der Waals surface area (Å²) in [6, 6.07) is 7.40. The van der Waals surface area contributed by atoms with Crippen LogP contribution in [0.3, 0.4) is 0 Å². The lowest BCUT2D eigenvalue weighted by Gasteiger charge is -2.16. The van der Waals surface area contributed by atoms with E-state index in [9.17, 15) is 4.79 Å². The quantitative estimate of drug-likeness (QED) is 0.923. The second-order valence-electron chi connectivity index (χ2n) is 4.60. The summed E-state index contributed by atoms with van der Waals surface area (Å²) in [6.45, 7) is 3.23. The molecule has 0 fully saturated rings. The van der Waals surface area contributed by atoms with Gasteiger partial charge in [0.2, 0.25) is 0 Å². The van der Waals surface area contributed by atoms with Gasteiger partial charge in [-0.1, -0.05) is 23.7 Å². The molecule has 5 nitrogen and oxygen atoms in total. The number of aromatic nitrogens is 2. The fourth-order valence-corrected chi connectivity index (χ4v) is 1.97. The molecule has 1 amide bonds. The van der Waals surface area contributed by atoms with Crippen LogP contribution in [-0.2, 0) is 6.54 Å². The summed E-state index contributed by atoms with van der Waals surface area (Å²) >= 11 is 5.84. The molecule has 0 radical (unpaired) electrons. The van der Waals surface area contributed by atoms with Gasteiger partial charge < -0.3 is 10.2 Å². The predicted molar refractivity (Wildman–Crippen MR) is 83.4 cm³/mol. The van der Waals surface area contributed by atoms with Crippen molar-refractivity contribution in [2.24, 2.45) is 0 Å². The fourth-order valence-electron chi connectivity index (χ4n) is 1.84. The number of halogens is 1. The Balaban J connectivity index is 2.02. The van der Waals surface area contributed by atoms with Gasteiger partial charge in [0.25, 0.3) is 5.91 Å². The SMILES string of the molecule is CCNc1cnc(C(=O)N(C)Cc2ccc(Cl)cc2)cn1. The number of carbonyl (C=O) groups excluding carboxylic acids is 1. The van der Waals surface area contributed by atoms with Gasteiger partial charge in [0, 0.05) is 25.2 Å². The maximum atomic E-state index is 12.3. The molecule has 0 bridgehead atoms. The lowest BCUT2D eigenvalue weighted by molar-refractivity contribution is 0.0779. The van der Waals surface area contributed by atoms with Crippen LogP contribution in [0.2, 0.25) is 5.02 Å². The molecule has 2 rings (SSSR count). The average Bonchev–Trinajstić information content (AvgIpc) is 2.50. The first-order valence-corrected chi connectivity index (χ1v) is 7.03. The molecule has 0 saturated carbocycles. The van der Waals surface area contributed by atoms with E-state index < -0.39 is 0 Å². The monoisotopic (exact) mass is 304 g/mol. The number of amides is 1. The van der Waals surface area contributed by atoms with Crippen molar-refractivity contribution in [2.75, 3.05) is 18.9 Å². The van der Waals surface area contributed by atoms with Crippen molar-refractivity contribution < 1.29 is 4.79 Å². The third kappa shape index (κ3) is 4.16. The van der Waals surface area contributed by atoms with Crippen molar-refractivity contribution in [2.45, 2.75) is 13.5 Å². The average molecular weight is 305 g/mol. The van der Waals surface area contributed by atoms with Crippen LogP contribution < -0.4 is 5.32 Å². The number of nitrogens with zero attached hydrogens (tertiary/aromatic N) is 3. The molecule has 0 saturated heterocycles. The van der Waals surface area contributed by atoms with E-state index in [1.807, 2.05) is 19.1 Å². The zero-order chi connectivity index (χ0) is 15.2.